The summed E-state index contributed by atoms with van der Waals surface area (Å²) in [5, 5.41) is 16.2. The lowest BCUT2D eigenvalue weighted by atomic mass is 10.0. The van der Waals surface area contributed by atoms with Crippen LogP contribution in [0, 0.1) is 10.1 Å². The summed E-state index contributed by atoms with van der Waals surface area (Å²) in [6, 6.07) is 21.7. The van der Waals surface area contributed by atoms with Crippen molar-refractivity contribution in [2.24, 2.45) is 0 Å². The van der Waals surface area contributed by atoms with Crippen LogP contribution in [-0.2, 0) is 6.42 Å². The summed E-state index contributed by atoms with van der Waals surface area (Å²) in [6.45, 7) is 1.16. The average molecular weight is 427 g/mol. The van der Waals surface area contributed by atoms with Crippen molar-refractivity contribution in [3.05, 3.63) is 88.6 Å². The highest BCUT2D eigenvalue weighted by atomic mass is 16.6. The summed E-state index contributed by atoms with van der Waals surface area (Å²) >= 11 is 0. The molecule has 6 heteroatoms. The Kier molecular flexibility index (Phi) is 5.37. The van der Waals surface area contributed by atoms with Gasteiger partial charge in [0.25, 0.3) is 5.69 Å². The Morgan fingerprint density at radius 2 is 1.94 bits per heavy atom. The Labute approximate surface area is 187 Å². The van der Waals surface area contributed by atoms with Gasteiger partial charge in [-0.25, -0.2) is 0 Å². The summed E-state index contributed by atoms with van der Waals surface area (Å²) in [7, 11) is 2.19. The topological polar surface area (TPSA) is 74.2 Å². The molecule has 3 aromatic carbocycles. The highest BCUT2D eigenvalue weighted by Crippen LogP contribution is 2.34. The number of hydrogen-bond donors (Lipinski definition) is 2. The molecule has 0 aliphatic carbocycles. The maximum atomic E-state index is 11.8. The number of anilines is 2. The van der Waals surface area contributed by atoms with Gasteiger partial charge in [-0.1, -0.05) is 36.4 Å². The molecule has 2 N–H and O–H groups in total. The minimum absolute atomic E-state index is 0.0633. The maximum absolute atomic E-state index is 11.8. The second-order valence-electron chi connectivity index (χ2n) is 8.54. The van der Waals surface area contributed by atoms with Crippen LogP contribution >= 0.6 is 0 Å². The molecule has 32 heavy (non-hydrogen) atoms. The van der Waals surface area contributed by atoms with E-state index in [1.807, 2.05) is 48.5 Å². The molecule has 0 radical (unpaired) electrons. The van der Waals surface area contributed by atoms with E-state index in [4.69, 9.17) is 0 Å². The molecule has 0 bridgehead atoms. The number of likely N-dealkylation sites (tertiary alicyclic amines) is 1. The minimum atomic E-state index is -0.328. The molecule has 5 rings (SSSR count). The van der Waals surface area contributed by atoms with Gasteiger partial charge in [-0.3, -0.25) is 10.1 Å². The second kappa shape index (κ2) is 8.48. The van der Waals surface area contributed by atoms with Crippen molar-refractivity contribution in [2.45, 2.75) is 25.3 Å². The van der Waals surface area contributed by atoms with Crippen LogP contribution in [0.2, 0.25) is 0 Å². The van der Waals surface area contributed by atoms with Gasteiger partial charge < -0.3 is 15.2 Å². The number of nitro groups is 1. The zero-order chi connectivity index (χ0) is 22.1. The molecular formula is C26H26N4O2. The van der Waals surface area contributed by atoms with Crippen molar-refractivity contribution in [1.29, 1.82) is 0 Å². The largest absolute Gasteiger partial charge is 0.361 e. The second-order valence-corrected chi connectivity index (χ2v) is 8.54. The molecule has 0 unspecified atom stereocenters. The van der Waals surface area contributed by atoms with E-state index >= 15 is 0 Å². The zero-order valence-corrected chi connectivity index (χ0v) is 18.0. The van der Waals surface area contributed by atoms with Crippen LogP contribution in [0.3, 0.4) is 0 Å². The smallest absolute Gasteiger partial charge is 0.293 e. The number of nitro benzene ring substituents is 1. The minimum Gasteiger partial charge on any atom is -0.361 e. The number of aromatic nitrogens is 1. The molecule has 6 nitrogen and oxygen atoms in total. The molecule has 0 spiro atoms. The number of benzene rings is 3. The van der Waals surface area contributed by atoms with Crippen molar-refractivity contribution in [1.82, 2.24) is 9.88 Å². The normalized spacial score (nSPS) is 16.5. The number of H-pyrrole nitrogens is 1. The summed E-state index contributed by atoms with van der Waals surface area (Å²) in [5.74, 6) is 0. The van der Waals surface area contributed by atoms with Gasteiger partial charge in [0.15, 0.2) is 0 Å². The van der Waals surface area contributed by atoms with Crippen LogP contribution < -0.4 is 5.32 Å². The maximum Gasteiger partial charge on any atom is 0.293 e. The fraction of sp³-hybridized carbons (Fsp3) is 0.231. The van der Waals surface area contributed by atoms with E-state index in [9.17, 15) is 10.1 Å². The van der Waals surface area contributed by atoms with E-state index < -0.39 is 0 Å². The highest BCUT2D eigenvalue weighted by molar-refractivity contribution is 5.88. The quantitative estimate of drug-likeness (QED) is 0.288. The lowest BCUT2D eigenvalue weighted by Crippen LogP contribution is -2.26. The zero-order valence-electron chi connectivity index (χ0n) is 18.0. The third-order valence-corrected chi connectivity index (χ3v) is 6.48. The molecule has 1 atom stereocenters. The van der Waals surface area contributed by atoms with Crippen molar-refractivity contribution < 1.29 is 4.92 Å². The predicted octanol–water partition coefficient (Wildman–Crippen LogP) is 6.12. The van der Waals surface area contributed by atoms with Crippen molar-refractivity contribution in [3.63, 3.8) is 0 Å². The molecule has 1 aromatic heterocycles. The molecule has 1 aliphatic rings. The van der Waals surface area contributed by atoms with Crippen LogP contribution in [0.4, 0.5) is 17.1 Å². The molecule has 4 aromatic rings. The summed E-state index contributed by atoms with van der Waals surface area (Å²) < 4.78 is 0. The first kappa shape index (κ1) is 20.3. The fourth-order valence-electron chi connectivity index (χ4n) is 4.67. The molecular weight excluding hydrogens is 400 g/mol. The molecule has 162 valence electrons. The van der Waals surface area contributed by atoms with Gasteiger partial charge in [-0.15, -0.1) is 0 Å². The number of nitrogens with zero attached hydrogens (tertiary/aromatic N) is 2. The Hall–Kier alpha value is -3.64. The van der Waals surface area contributed by atoms with E-state index in [-0.39, 0.29) is 10.6 Å². The number of rotatable bonds is 6. The van der Waals surface area contributed by atoms with E-state index in [0.717, 1.165) is 35.3 Å². The molecule has 0 saturated carbocycles. The Morgan fingerprint density at radius 1 is 1.09 bits per heavy atom. The number of nitrogens with one attached hydrogen (secondary N) is 2. The van der Waals surface area contributed by atoms with Gasteiger partial charge in [0.1, 0.15) is 5.69 Å². The van der Waals surface area contributed by atoms with Crippen LogP contribution in [0.1, 0.15) is 18.4 Å². The van der Waals surface area contributed by atoms with Crippen molar-refractivity contribution >= 4 is 28.0 Å². The fourth-order valence-corrected chi connectivity index (χ4v) is 4.67. The van der Waals surface area contributed by atoms with Crippen LogP contribution in [0.25, 0.3) is 22.0 Å². The van der Waals surface area contributed by atoms with E-state index in [0.29, 0.717) is 11.7 Å². The monoisotopic (exact) mass is 426 g/mol. The lowest BCUT2D eigenvalue weighted by molar-refractivity contribution is -0.383. The number of likely N-dealkylation sites (N-methyl/N-ethyl adjacent to an activating group) is 1. The Bertz CT molecular complexity index is 1270. The van der Waals surface area contributed by atoms with Gasteiger partial charge in [-0.2, -0.15) is 0 Å². The molecule has 0 amide bonds. The van der Waals surface area contributed by atoms with Crippen molar-refractivity contribution in [2.75, 3.05) is 18.9 Å². The van der Waals surface area contributed by atoms with Crippen LogP contribution in [-0.4, -0.2) is 34.4 Å². The standard InChI is InChI=1S/C26H26N4O2/c1-29-13-5-8-22(29)14-20-17-27-24-12-10-21(16-23(20)24)28-25-11-9-19(15-26(25)30(31)32)18-6-3-2-4-7-18/h2-4,6-7,9-12,15-17,22,27-28H,5,8,13-14H2,1H3/t22-/m1/s1. The number of aromatic amines is 1. The van der Waals surface area contributed by atoms with Gasteiger partial charge in [-0.05, 0) is 73.8 Å². The van der Waals surface area contributed by atoms with Gasteiger partial charge in [0, 0.05) is 34.9 Å². The SMILES string of the molecule is CN1CCC[C@@H]1Cc1c[nH]c2ccc(Nc3ccc(-c4ccccc4)cc3[N+](=O)[O-])cc12. The Morgan fingerprint density at radius 3 is 2.69 bits per heavy atom. The van der Waals surface area contributed by atoms with Gasteiger partial charge >= 0.3 is 0 Å². The average Bonchev–Trinajstić information content (AvgIpc) is 3.40. The van der Waals surface area contributed by atoms with Gasteiger partial charge in [0.2, 0.25) is 0 Å². The van der Waals surface area contributed by atoms with Crippen LogP contribution in [0.5, 0.6) is 0 Å². The molecule has 1 aliphatic heterocycles. The van der Waals surface area contributed by atoms with Gasteiger partial charge in [0.05, 0.1) is 4.92 Å². The molecule has 1 saturated heterocycles. The van der Waals surface area contributed by atoms with Crippen LogP contribution in [0.15, 0.2) is 72.9 Å². The lowest BCUT2D eigenvalue weighted by Gasteiger charge is -2.18. The summed E-state index contributed by atoms with van der Waals surface area (Å²) in [6.07, 6.45) is 5.57. The molecule has 2 heterocycles. The number of hydrogen-bond acceptors (Lipinski definition) is 4. The third-order valence-electron chi connectivity index (χ3n) is 6.48. The molecule has 1 fully saturated rings. The van der Waals surface area contributed by atoms with E-state index in [2.05, 4.69) is 34.5 Å². The predicted molar refractivity (Wildman–Crippen MR) is 129 cm³/mol. The third kappa shape index (κ3) is 3.97. The highest BCUT2D eigenvalue weighted by Gasteiger charge is 2.22. The number of fused-ring (bicyclic) bond motifs is 1. The Balaban J connectivity index is 1.45. The summed E-state index contributed by atoms with van der Waals surface area (Å²) in [4.78, 5) is 17.3. The van der Waals surface area contributed by atoms with E-state index in [1.54, 1.807) is 12.1 Å². The summed E-state index contributed by atoms with van der Waals surface area (Å²) in [5.41, 5.74) is 5.55. The first-order valence-corrected chi connectivity index (χ1v) is 11.0. The first-order chi connectivity index (χ1) is 15.6. The van der Waals surface area contributed by atoms with E-state index in [1.165, 1.54) is 23.8 Å². The van der Waals surface area contributed by atoms with Crippen molar-refractivity contribution in [3.8, 4) is 11.1 Å². The first-order valence-electron chi connectivity index (χ1n) is 11.0.